The van der Waals surface area contributed by atoms with Crippen molar-refractivity contribution in [2.24, 2.45) is 0 Å². The smallest absolute Gasteiger partial charge is 0.416 e. The van der Waals surface area contributed by atoms with E-state index in [2.05, 4.69) is 10.6 Å². The number of methoxy groups -OCH3 is 1. The van der Waals surface area contributed by atoms with Crippen LogP contribution >= 0.6 is 0 Å². The molecule has 2 N–H and O–H groups in total. The van der Waals surface area contributed by atoms with Crippen molar-refractivity contribution in [2.45, 2.75) is 19.5 Å². The second-order valence-electron chi connectivity index (χ2n) is 6.85. The Bertz CT molecular complexity index is 1010. The van der Waals surface area contributed by atoms with Crippen LogP contribution in [-0.2, 0) is 15.8 Å². The van der Waals surface area contributed by atoms with Crippen molar-refractivity contribution in [2.75, 3.05) is 37.4 Å². The van der Waals surface area contributed by atoms with Crippen LogP contribution in [0.3, 0.4) is 0 Å². The van der Waals surface area contributed by atoms with Crippen LogP contribution in [0.5, 0.6) is 5.75 Å². The highest BCUT2D eigenvalue weighted by Gasteiger charge is 2.33. The zero-order valence-corrected chi connectivity index (χ0v) is 17.9. The average Bonchev–Trinajstić information content (AvgIpc) is 2.76. The second-order valence-corrected chi connectivity index (χ2v) is 6.85. The van der Waals surface area contributed by atoms with Gasteiger partial charge in [-0.3, -0.25) is 19.7 Å². The van der Waals surface area contributed by atoms with E-state index in [0.29, 0.717) is 17.5 Å². The molecule has 0 aliphatic rings. The van der Waals surface area contributed by atoms with Gasteiger partial charge in [-0.15, -0.1) is 0 Å². The molecule has 2 aromatic carbocycles. The van der Waals surface area contributed by atoms with Crippen molar-refractivity contribution in [1.82, 2.24) is 4.90 Å². The van der Waals surface area contributed by atoms with Crippen LogP contribution in [-0.4, -0.2) is 48.4 Å². The van der Waals surface area contributed by atoms with Gasteiger partial charge in [0.1, 0.15) is 11.4 Å². The number of hydrogen-bond acceptors (Lipinski definition) is 6. The highest BCUT2D eigenvalue weighted by atomic mass is 19.4. The molecule has 0 radical (unpaired) electrons. The fourth-order valence-corrected chi connectivity index (χ4v) is 2.92. The standard InChI is InChI=1S/C21H23F3N4O5/c1-3-27(13-19(29)26-15-5-4-6-16(12-15)33-2)20(30)9-10-25-17-8-7-14(21(22,23)24)11-18(17)28(31)32/h4-8,11-12,25H,3,9-10,13H2,1-2H3,(H,26,29). The molecule has 178 valence electrons. The number of benzene rings is 2. The predicted molar refractivity (Wildman–Crippen MR) is 115 cm³/mol. The molecule has 12 heteroatoms. The summed E-state index contributed by atoms with van der Waals surface area (Å²) in [6, 6.07) is 8.81. The Labute approximate surface area is 187 Å². The van der Waals surface area contributed by atoms with E-state index in [-0.39, 0.29) is 31.7 Å². The minimum Gasteiger partial charge on any atom is -0.497 e. The van der Waals surface area contributed by atoms with Crippen LogP contribution in [0.25, 0.3) is 0 Å². The van der Waals surface area contributed by atoms with Crippen LogP contribution in [0.2, 0.25) is 0 Å². The molecular weight excluding hydrogens is 445 g/mol. The van der Waals surface area contributed by atoms with E-state index in [0.717, 1.165) is 12.1 Å². The Kier molecular flexibility index (Phi) is 8.60. The van der Waals surface area contributed by atoms with E-state index in [9.17, 15) is 32.9 Å². The molecule has 0 saturated carbocycles. The van der Waals surface area contributed by atoms with Crippen molar-refractivity contribution in [1.29, 1.82) is 0 Å². The average molecular weight is 468 g/mol. The zero-order valence-electron chi connectivity index (χ0n) is 17.9. The van der Waals surface area contributed by atoms with Gasteiger partial charge in [0.15, 0.2) is 0 Å². The fraction of sp³-hybridized carbons (Fsp3) is 0.333. The summed E-state index contributed by atoms with van der Waals surface area (Å²) in [5.74, 6) is -0.273. The maximum Gasteiger partial charge on any atom is 0.416 e. The molecule has 2 rings (SSSR count). The highest BCUT2D eigenvalue weighted by molar-refractivity contribution is 5.94. The number of ether oxygens (including phenoxy) is 1. The van der Waals surface area contributed by atoms with Gasteiger partial charge in [-0.2, -0.15) is 13.2 Å². The van der Waals surface area contributed by atoms with E-state index < -0.39 is 34.2 Å². The number of anilines is 2. The Morgan fingerprint density at radius 3 is 2.52 bits per heavy atom. The number of nitro groups is 1. The molecular formula is C21H23F3N4O5. The maximum absolute atomic E-state index is 12.8. The van der Waals surface area contributed by atoms with Gasteiger partial charge in [0.2, 0.25) is 11.8 Å². The van der Waals surface area contributed by atoms with Crippen molar-refractivity contribution >= 4 is 28.9 Å². The number of hydrogen-bond donors (Lipinski definition) is 2. The molecule has 0 spiro atoms. The quantitative estimate of drug-likeness (QED) is 0.404. The van der Waals surface area contributed by atoms with Gasteiger partial charge in [-0.05, 0) is 31.2 Å². The number of carbonyl (C=O) groups is 2. The number of carbonyl (C=O) groups excluding carboxylic acids is 2. The number of nitrogens with zero attached hydrogens (tertiary/aromatic N) is 2. The molecule has 0 heterocycles. The number of amides is 2. The molecule has 0 fully saturated rings. The lowest BCUT2D eigenvalue weighted by atomic mass is 10.1. The third-order valence-electron chi connectivity index (χ3n) is 4.60. The van der Waals surface area contributed by atoms with Gasteiger partial charge in [-0.1, -0.05) is 6.07 Å². The number of halogens is 3. The lowest BCUT2D eigenvalue weighted by Crippen LogP contribution is -2.38. The van der Waals surface area contributed by atoms with Crippen LogP contribution in [0.1, 0.15) is 18.9 Å². The van der Waals surface area contributed by atoms with Crippen molar-refractivity contribution < 1.29 is 32.4 Å². The molecule has 0 aliphatic heterocycles. The first-order chi connectivity index (χ1) is 15.5. The minimum absolute atomic E-state index is 0.0704. The predicted octanol–water partition coefficient (Wildman–Crippen LogP) is 3.91. The van der Waals surface area contributed by atoms with Gasteiger partial charge < -0.3 is 20.3 Å². The Hall–Kier alpha value is -3.83. The summed E-state index contributed by atoms with van der Waals surface area (Å²) in [6.45, 7) is 1.64. The van der Waals surface area contributed by atoms with E-state index in [1.54, 1.807) is 31.2 Å². The van der Waals surface area contributed by atoms with Crippen LogP contribution in [0, 0.1) is 10.1 Å². The van der Waals surface area contributed by atoms with Crippen molar-refractivity contribution in [3.8, 4) is 5.75 Å². The molecule has 0 saturated heterocycles. The molecule has 0 bridgehead atoms. The van der Waals surface area contributed by atoms with Gasteiger partial charge in [0.05, 0.1) is 24.1 Å². The monoisotopic (exact) mass is 468 g/mol. The molecule has 2 aromatic rings. The first-order valence-corrected chi connectivity index (χ1v) is 9.86. The van der Waals surface area contributed by atoms with Gasteiger partial charge >= 0.3 is 6.18 Å². The SMILES string of the molecule is CCN(CC(=O)Nc1cccc(OC)c1)C(=O)CCNc1ccc(C(F)(F)F)cc1[N+](=O)[O-]. The van der Waals surface area contributed by atoms with Gasteiger partial charge in [-0.25, -0.2) is 0 Å². The van der Waals surface area contributed by atoms with Crippen molar-refractivity contribution in [3.63, 3.8) is 0 Å². The van der Waals surface area contributed by atoms with E-state index in [1.807, 2.05) is 0 Å². The van der Waals surface area contributed by atoms with Crippen LogP contribution in [0.15, 0.2) is 42.5 Å². The summed E-state index contributed by atoms with van der Waals surface area (Å²) in [4.78, 5) is 36.2. The van der Waals surface area contributed by atoms with Gasteiger partial charge in [0.25, 0.3) is 5.69 Å². The number of nitrogens with one attached hydrogen (secondary N) is 2. The Morgan fingerprint density at radius 2 is 1.91 bits per heavy atom. The fourth-order valence-electron chi connectivity index (χ4n) is 2.92. The summed E-state index contributed by atoms with van der Waals surface area (Å²) in [5.41, 5.74) is -1.53. The third-order valence-corrected chi connectivity index (χ3v) is 4.60. The number of alkyl halides is 3. The molecule has 2 amide bonds. The Balaban J connectivity index is 1.94. The molecule has 33 heavy (non-hydrogen) atoms. The highest BCUT2D eigenvalue weighted by Crippen LogP contribution is 2.34. The summed E-state index contributed by atoms with van der Waals surface area (Å²) in [7, 11) is 1.49. The molecule has 0 aromatic heterocycles. The summed E-state index contributed by atoms with van der Waals surface area (Å²) in [6.07, 6.45) is -4.84. The summed E-state index contributed by atoms with van der Waals surface area (Å²) in [5, 5.41) is 16.4. The van der Waals surface area contributed by atoms with Crippen LogP contribution < -0.4 is 15.4 Å². The van der Waals surface area contributed by atoms with E-state index >= 15 is 0 Å². The normalized spacial score (nSPS) is 10.9. The molecule has 9 nitrogen and oxygen atoms in total. The lowest BCUT2D eigenvalue weighted by Gasteiger charge is -2.20. The summed E-state index contributed by atoms with van der Waals surface area (Å²) >= 11 is 0. The molecule has 0 unspecified atom stereocenters. The van der Waals surface area contributed by atoms with E-state index in [1.165, 1.54) is 12.0 Å². The maximum atomic E-state index is 12.8. The summed E-state index contributed by atoms with van der Waals surface area (Å²) < 4.78 is 43.5. The van der Waals surface area contributed by atoms with Gasteiger partial charge in [0, 0.05) is 37.3 Å². The van der Waals surface area contributed by atoms with Crippen molar-refractivity contribution in [3.05, 3.63) is 58.1 Å². The topological polar surface area (TPSA) is 114 Å². The largest absolute Gasteiger partial charge is 0.497 e. The first kappa shape index (κ1) is 25.4. The van der Waals surface area contributed by atoms with Crippen LogP contribution in [0.4, 0.5) is 30.2 Å². The zero-order chi connectivity index (χ0) is 24.6. The third kappa shape index (κ3) is 7.37. The second kappa shape index (κ2) is 11.2. The number of nitro benzene ring substituents is 1. The van der Waals surface area contributed by atoms with E-state index in [4.69, 9.17) is 4.74 Å². The first-order valence-electron chi connectivity index (χ1n) is 9.86. The number of rotatable bonds is 10. The Morgan fingerprint density at radius 1 is 1.18 bits per heavy atom. The molecule has 0 atom stereocenters. The minimum atomic E-state index is -4.72. The molecule has 0 aliphatic carbocycles. The lowest BCUT2D eigenvalue weighted by molar-refractivity contribution is -0.384. The number of likely N-dealkylation sites (N-methyl/N-ethyl adjacent to an activating group) is 1.